The SMILES string of the molecule is CC.CC.CC.Cc1ccccc1-c1cc(Cl)ncc1C(=O)N(C)C(C)(C)c1ccccc1. The van der Waals surface area contributed by atoms with Gasteiger partial charge in [-0.1, -0.05) is 108 Å². The van der Waals surface area contributed by atoms with Gasteiger partial charge in [-0.25, -0.2) is 4.98 Å². The van der Waals surface area contributed by atoms with Gasteiger partial charge in [0.15, 0.2) is 0 Å². The maximum atomic E-state index is 13.4. The van der Waals surface area contributed by atoms with Crippen LogP contribution in [0.2, 0.25) is 5.15 Å². The molecule has 1 heterocycles. The quantitative estimate of drug-likeness (QED) is 0.358. The van der Waals surface area contributed by atoms with Gasteiger partial charge in [0.2, 0.25) is 0 Å². The molecule has 0 aliphatic carbocycles. The van der Waals surface area contributed by atoms with Gasteiger partial charge in [0.05, 0.1) is 11.1 Å². The fourth-order valence-corrected chi connectivity index (χ4v) is 3.33. The number of carbonyl (C=O) groups excluding carboxylic acids is 1. The first kappa shape index (κ1) is 30.4. The fourth-order valence-electron chi connectivity index (χ4n) is 3.17. The Bertz CT molecular complexity index is 968. The average molecular weight is 469 g/mol. The van der Waals surface area contributed by atoms with Crippen LogP contribution in [0.1, 0.15) is 76.9 Å². The molecule has 4 heteroatoms. The lowest BCUT2D eigenvalue weighted by Gasteiger charge is -2.36. The number of carbonyl (C=O) groups is 1. The van der Waals surface area contributed by atoms with Crippen LogP contribution in [-0.4, -0.2) is 22.8 Å². The minimum Gasteiger partial charge on any atom is -0.332 e. The van der Waals surface area contributed by atoms with Crippen LogP contribution in [0.15, 0.2) is 66.9 Å². The van der Waals surface area contributed by atoms with Crippen LogP contribution in [0, 0.1) is 6.92 Å². The molecule has 2 aromatic carbocycles. The maximum absolute atomic E-state index is 13.4. The van der Waals surface area contributed by atoms with Gasteiger partial charge in [0.25, 0.3) is 5.91 Å². The second-order valence-electron chi connectivity index (χ2n) is 7.16. The zero-order chi connectivity index (χ0) is 25.6. The Morgan fingerprint density at radius 2 is 1.36 bits per heavy atom. The van der Waals surface area contributed by atoms with Crippen molar-refractivity contribution in [3.8, 4) is 11.1 Å². The molecule has 33 heavy (non-hydrogen) atoms. The van der Waals surface area contributed by atoms with E-state index in [1.807, 2.05) is 124 Å². The molecule has 3 aromatic rings. The van der Waals surface area contributed by atoms with Gasteiger partial charge in [-0.3, -0.25) is 4.79 Å². The molecular weight excluding hydrogens is 428 g/mol. The number of rotatable bonds is 4. The van der Waals surface area contributed by atoms with Gasteiger partial charge >= 0.3 is 0 Å². The maximum Gasteiger partial charge on any atom is 0.256 e. The number of benzene rings is 2. The monoisotopic (exact) mass is 468 g/mol. The molecule has 0 saturated carbocycles. The molecule has 0 saturated heterocycles. The zero-order valence-electron chi connectivity index (χ0n) is 22.0. The van der Waals surface area contributed by atoms with E-state index in [-0.39, 0.29) is 5.91 Å². The predicted octanol–water partition coefficient (Wildman–Crippen LogP) is 8.80. The lowest BCUT2D eigenvalue weighted by atomic mass is 9.91. The van der Waals surface area contributed by atoms with Crippen molar-refractivity contribution >= 4 is 17.5 Å². The standard InChI is InChI=1S/C23H23ClN2O.3C2H6/c1-16-10-8-9-13-18(16)19-14-21(24)25-15-20(19)22(27)26(4)23(2,3)17-11-6-5-7-12-17;3*1-2/h5-15H,1-4H3;3*1-2H3. The molecule has 0 aliphatic heterocycles. The number of nitrogens with zero attached hydrogens (tertiary/aromatic N) is 2. The summed E-state index contributed by atoms with van der Waals surface area (Å²) in [6.07, 6.45) is 1.57. The van der Waals surface area contributed by atoms with Crippen molar-refractivity contribution in [1.29, 1.82) is 0 Å². The van der Waals surface area contributed by atoms with Crippen LogP contribution in [0.5, 0.6) is 0 Å². The van der Waals surface area contributed by atoms with Gasteiger partial charge in [-0.2, -0.15) is 0 Å². The third kappa shape index (κ3) is 7.71. The Balaban J connectivity index is 0.00000158. The van der Waals surface area contributed by atoms with Crippen molar-refractivity contribution < 1.29 is 4.79 Å². The van der Waals surface area contributed by atoms with Crippen LogP contribution < -0.4 is 0 Å². The average Bonchev–Trinajstić information content (AvgIpc) is 2.87. The summed E-state index contributed by atoms with van der Waals surface area (Å²) in [5.41, 5.74) is 4.00. The highest BCUT2D eigenvalue weighted by atomic mass is 35.5. The van der Waals surface area contributed by atoms with E-state index >= 15 is 0 Å². The third-order valence-electron chi connectivity index (χ3n) is 5.16. The number of hydrogen-bond acceptors (Lipinski definition) is 2. The van der Waals surface area contributed by atoms with Gasteiger partial charge in [0.1, 0.15) is 5.15 Å². The molecule has 0 aliphatic rings. The van der Waals surface area contributed by atoms with Gasteiger partial charge in [-0.15, -0.1) is 0 Å². The summed E-state index contributed by atoms with van der Waals surface area (Å²) in [6.45, 7) is 18.1. The molecule has 3 rings (SSSR count). The first-order valence-corrected chi connectivity index (χ1v) is 12.3. The van der Waals surface area contributed by atoms with E-state index in [0.29, 0.717) is 10.7 Å². The number of halogens is 1. The second-order valence-corrected chi connectivity index (χ2v) is 7.54. The molecule has 1 amide bonds. The molecule has 0 unspecified atom stereocenters. The second kappa shape index (κ2) is 15.2. The molecule has 0 N–H and O–H groups in total. The molecule has 0 bridgehead atoms. The van der Waals surface area contributed by atoms with E-state index in [4.69, 9.17) is 11.6 Å². The van der Waals surface area contributed by atoms with Crippen LogP contribution >= 0.6 is 11.6 Å². The fraction of sp³-hybridized carbons (Fsp3) is 0.379. The van der Waals surface area contributed by atoms with Crippen LogP contribution in [0.25, 0.3) is 11.1 Å². The smallest absolute Gasteiger partial charge is 0.256 e. The van der Waals surface area contributed by atoms with E-state index in [9.17, 15) is 4.79 Å². The Kier molecular flexibility index (Phi) is 14.0. The molecule has 0 atom stereocenters. The number of hydrogen-bond donors (Lipinski definition) is 0. The highest BCUT2D eigenvalue weighted by molar-refractivity contribution is 6.29. The van der Waals surface area contributed by atoms with Crippen LogP contribution in [0.3, 0.4) is 0 Å². The summed E-state index contributed by atoms with van der Waals surface area (Å²) >= 11 is 6.15. The van der Waals surface area contributed by atoms with Crippen molar-refractivity contribution in [2.75, 3.05) is 7.05 Å². The van der Waals surface area contributed by atoms with Gasteiger partial charge in [0, 0.05) is 13.2 Å². The molecule has 3 nitrogen and oxygen atoms in total. The Labute approximate surface area is 206 Å². The lowest BCUT2D eigenvalue weighted by molar-refractivity contribution is 0.0622. The van der Waals surface area contributed by atoms with Gasteiger partial charge in [-0.05, 0) is 49.1 Å². The Hall–Kier alpha value is -2.65. The van der Waals surface area contributed by atoms with Gasteiger partial charge < -0.3 is 4.90 Å². The largest absolute Gasteiger partial charge is 0.332 e. The minimum atomic E-state index is -0.471. The minimum absolute atomic E-state index is 0.0914. The lowest BCUT2D eigenvalue weighted by Crippen LogP contribution is -2.43. The van der Waals surface area contributed by atoms with Crippen molar-refractivity contribution in [3.05, 3.63) is 88.7 Å². The number of amides is 1. The van der Waals surface area contributed by atoms with E-state index < -0.39 is 5.54 Å². The van der Waals surface area contributed by atoms with Crippen molar-refractivity contribution in [2.45, 2.75) is 67.9 Å². The zero-order valence-corrected chi connectivity index (χ0v) is 22.8. The number of aromatic nitrogens is 1. The van der Waals surface area contributed by atoms with Crippen molar-refractivity contribution in [3.63, 3.8) is 0 Å². The van der Waals surface area contributed by atoms with Crippen LogP contribution in [0.4, 0.5) is 0 Å². The summed E-state index contributed by atoms with van der Waals surface area (Å²) in [5, 5.41) is 0.370. The first-order chi connectivity index (χ1) is 15.8. The highest BCUT2D eigenvalue weighted by Gasteiger charge is 2.31. The molecule has 0 radical (unpaired) electrons. The highest BCUT2D eigenvalue weighted by Crippen LogP contribution is 2.32. The summed E-state index contributed by atoms with van der Waals surface area (Å²) in [6, 6.07) is 19.7. The topological polar surface area (TPSA) is 33.2 Å². The summed E-state index contributed by atoms with van der Waals surface area (Å²) in [5.74, 6) is -0.0914. The number of aryl methyl sites for hydroxylation is 1. The van der Waals surface area contributed by atoms with E-state index in [2.05, 4.69) is 4.98 Å². The summed E-state index contributed by atoms with van der Waals surface area (Å²) in [4.78, 5) is 19.4. The molecular formula is C29H41ClN2O. The van der Waals surface area contributed by atoms with Crippen LogP contribution in [-0.2, 0) is 5.54 Å². The van der Waals surface area contributed by atoms with E-state index in [1.165, 1.54) is 0 Å². The molecule has 0 fully saturated rings. The number of pyridine rings is 1. The third-order valence-corrected chi connectivity index (χ3v) is 5.37. The normalized spacial score (nSPS) is 9.79. The molecule has 1 aromatic heterocycles. The molecule has 0 spiro atoms. The Morgan fingerprint density at radius 1 is 0.848 bits per heavy atom. The first-order valence-electron chi connectivity index (χ1n) is 11.9. The summed E-state index contributed by atoms with van der Waals surface area (Å²) < 4.78 is 0. The predicted molar refractivity (Wildman–Crippen MR) is 145 cm³/mol. The van der Waals surface area contributed by atoms with Crippen molar-refractivity contribution in [2.24, 2.45) is 0 Å². The summed E-state index contributed by atoms with van der Waals surface area (Å²) in [7, 11) is 1.82. The van der Waals surface area contributed by atoms with Crippen molar-refractivity contribution in [1.82, 2.24) is 9.88 Å². The van der Waals surface area contributed by atoms with E-state index in [1.54, 1.807) is 17.2 Å². The Morgan fingerprint density at radius 3 is 1.91 bits per heavy atom. The van der Waals surface area contributed by atoms with E-state index in [0.717, 1.165) is 22.3 Å². The molecule has 180 valence electrons.